The lowest BCUT2D eigenvalue weighted by atomic mass is 10.1. The Hall–Kier alpha value is -0.730. The van der Waals surface area contributed by atoms with Crippen molar-refractivity contribution >= 4 is 5.84 Å². The van der Waals surface area contributed by atoms with Crippen molar-refractivity contribution in [3.8, 4) is 0 Å². The molecule has 0 amide bonds. The Morgan fingerprint density at radius 1 is 1.67 bits per heavy atom. The van der Waals surface area contributed by atoms with Crippen molar-refractivity contribution in [2.75, 3.05) is 6.67 Å². The van der Waals surface area contributed by atoms with Crippen molar-refractivity contribution < 1.29 is 0 Å². The summed E-state index contributed by atoms with van der Waals surface area (Å²) in [6.07, 6.45) is 1.10. The van der Waals surface area contributed by atoms with Crippen LogP contribution in [0.1, 0.15) is 20.3 Å². The van der Waals surface area contributed by atoms with E-state index in [4.69, 9.17) is 0 Å². The third-order valence-electron chi connectivity index (χ3n) is 1.52. The molecule has 0 radical (unpaired) electrons. The molecule has 0 saturated heterocycles. The second-order valence-electron chi connectivity index (χ2n) is 2.21. The Bertz CT molecular complexity index is 148. The van der Waals surface area contributed by atoms with Gasteiger partial charge in [0.05, 0.1) is 0 Å². The lowest BCUT2D eigenvalue weighted by Gasteiger charge is -2.01. The molecule has 50 valence electrons. The number of hydrogen-bond donors (Lipinski definition) is 0. The van der Waals surface area contributed by atoms with E-state index in [0.29, 0.717) is 12.6 Å². The molecule has 0 aromatic rings. The Kier molecular flexibility index (Phi) is 1.92. The summed E-state index contributed by atoms with van der Waals surface area (Å²) >= 11 is 0. The first-order valence-electron chi connectivity index (χ1n) is 3.26. The van der Waals surface area contributed by atoms with Crippen LogP contribution in [0.3, 0.4) is 0 Å². The number of azo groups is 1. The van der Waals surface area contributed by atoms with Crippen LogP contribution in [0.5, 0.6) is 0 Å². The van der Waals surface area contributed by atoms with E-state index in [2.05, 4.69) is 29.1 Å². The molecule has 0 N–H and O–H groups in total. The van der Waals surface area contributed by atoms with Gasteiger partial charge in [-0.05, 0) is 6.42 Å². The van der Waals surface area contributed by atoms with E-state index in [1.54, 1.807) is 0 Å². The Morgan fingerprint density at radius 3 is 2.89 bits per heavy atom. The molecule has 3 heteroatoms. The predicted molar refractivity (Wildman–Crippen MR) is 36.6 cm³/mol. The lowest BCUT2D eigenvalue weighted by molar-refractivity contribution is 0.733. The minimum Gasteiger partial charge on any atom is -0.243 e. The van der Waals surface area contributed by atoms with Gasteiger partial charge >= 0.3 is 0 Å². The fourth-order valence-electron chi connectivity index (χ4n) is 0.677. The standard InChI is InChI=1S/C6H11N3/c1-3-5(2)6-7-4-8-9-6/h5H,3-4H2,1-2H3. The number of nitrogens with zero attached hydrogens (tertiary/aromatic N) is 3. The smallest absolute Gasteiger partial charge is 0.152 e. The molecule has 3 nitrogen and oxygen atoms in total. The molecular weight excluding hydrogens is 114 g/mol. The second kappa shape index (κ2) is 2.71. The van der Waals surface area contributed by atoms with Crippen molar-refractivity contribution in [3.05, 3.63) is 0 Å². The van der Waals surface area contributed by atoms with Crippen LogP contribution in [0.2, 0.25) is 0 Å². The number of rotatable bonds is 2. The maximum absolute atomic E-state index is 4.09. The van der Waals surface area contributed by atoms with Gasteiger partial charge in [-0.25, -0.2) is 4.99 Å². The van der Waals surface area contributed by atoms with Crippen LogP contribution in [-0.4, -0.2) is 12.5 Å². The minimum atomic E-state index is 0.483. The van der Waals surface area contributed by atoms with E-state index in [-0.39, 0.29) is 0 Å². The Labute approximate surface area is 54.9 Å². The van der Waals surface area contributed by atoms with E-state index >= 15 is 0 Å². The van der Waals surface area contributed by atoms with E-state index in [1.165, 1.54) is 0 Å². The minimum absolute atomic E-state index is 0.483. The summed E-state index contributed by atoms with van der Waals surface area (Å²) in [5, 5.41) is 7.64. The van der Waals surface area contributed by atoms with Crippen molar-refractivity contribution in [3.63, 3.8) is 0 Å². The van der Waals surface area contributed by atoms with E-state index in [9.17, 15) is 0 Å². The largest absolute Gasteiger partial charge is 0.243 e. The molecule has 0 bridgehead atoms. The monoisotopic (exact) mass is 125 g/mol. The molecule has 0 aromatic heterocycles. The maximum Gasteiger partial charge on any atom is 0.152 e. The van der Waals surface area contributed by atoms with Crippen molar-refractivity contribution in [1.29, 1.82) is 0 Å². The van der Waals surface area contributed by atoms with Gasteiger partial charge in [0, 0.05) is 5.92 Å². The molecular formula is C6H11N3. The average Bonchev–Trinajstić information content (AvgIpc) is 2.37. The van der Waals surface area contributed by atoms with E-state index in [1.807, 2.05) is 0 Å². The van der Waals surface area contributed by atoms with Crippen LogP contribution in [0.25, 0.3) is 0 Å². The third-order valence-corrected chi connectivity index (χ3v) is 1.52. The summed E-state index contributed by atoms with van der Waals surface area (Å²) in [6, 6.07) is 0. The van der Waals surface area contributed by atoms with Gasteiger partial charge in [0.2, 0.25) is 0 Å². The predicted octanol–water partition coefficient (Wildman–Crippen LogP) is 1.85. The molecule has 0 aromatic carbocycles. The summed E-state index contributed by atoms with van der Waals surface area (Å²) in [4.78, 5) is 4.09. The quantitative estimate of drug-likeness (QED) is 0.540. The zero-order valence-corrected chi connectivity index (χ0v) is 5.83. The fourth-order valence-corrected chi connectivity index (χ4v) is 0.677. The summed E-state index contributed by atoms with van der Waals surface area (Å²) in [6.45, 7) is 4.78. The average molecular weight is 125 g/mol. The number of hydrogen-bond acceptors (Lipinski definition) is 3. The molecule has 0 aliphatic carbocycles. The topological polar surface area (TPSA) is 37.1 Å². The first-order chi connectivity index (χ1) is 4.34. The fraction of sp³-hybridized carbons (Fsp3) is 0.833. The SMILES string of the molecule is CCC(C)C1=NCN=N1. The van der Waals surface area contributed by atoms with Crippen molar-refractivity contribution in [2.45, 2.75) is 20.3 Å². The highest BCUT2D eigenvalue weighted by molar-refractivity contribution is 5.85. The number of aliphatic imine (C=N–C) groups is 1. The molecule has 1 aliphatic rings. The second-order valence-corrected chi connectivity index (χ2v) is 2.21. The van der Waals surface area contributed by atoms with Gasteiger partial charge in [0.25, 0.3) is 0 Å². The first kappa shape index (κ1) is 6.39. The summed E-state index contributed by atoms with van der Waals surface area (Å²) in [5.74, 6) is 1.40. The van der Waals surface area contributed by atoms with Gasteiger partial charge in [0.1, 0.15) is 0 Å². The van der Waals surface area contributed by atoms with Crippen molar-refractivity contribution in [1.82, 2.24) is 0 Å². The van der Waals surface area contributed by atoms with Crippen LogP contribution < -0.4 is 0 Å². The maximum atomic E-state index is 4.09. The van der Waals surface area contributed by atoms with Crippen molar-refractivity contribution in [2.24, 2.45) is 21.1 Å². The molecule has 0 saturated carbocycles. The lowest BCUT2D eigenvalue weighted by Crippen LogP contribution is -2.04. The molecule has 1 heterocycles. The van der Waals surface area contributed by atoms with Crippen LogP contribution in [-0.2, 0) is 0 Å². The molecule has 1 atom stereocenters. The molecule has 0 fully saturated rings. The Balaban J connectivity index is 2.51. The highest BCUT2D eigenvalue weighted by Crippen LogP contribution is 2.08. The van der Waals surface area contributed by atoms with Crippen LogP contribution in [0, 0.1) is 5.92 Å². The molecule has 0 spiro atoms. The zero-order valence-electron chi connectivity index (χ0n) is 5.83. The summed E-state index contributed by atoms with van der Waals surface area (Å²) < 4.78 is 0. The molecule has 1 unspecified atom stereocenters. The Morgan fingerprint density at radius 2 is 2.44 bits per heavy atom. The van der Waals surface area contributed by atoms with Gasteiger partial charge in [-0.1, -0.05) is 13.8 Å². The molecule has 1 aliphatic heterocycles. The summed E-state index contributed by atoms with van der Waals surface area (Å²) in [7, 11) is 0. The van der Waals surface area contributed by atoms with Crippen LogP contribution >= 0.6 is 0 Å². The molecule has 9 heavy (non-hydrogen) atoms. The number of amidine groups is 1. The van der Waals surface area contributed by atoms with Gasteiger partial charge in [-0.3, -0.25) is 0 Å². The zero-order chi connectivity index (χ0) is 6.69. The van der Waals surface area contributed by atoms with E-state index < -0.39 is 0 Å². The highest BCUT2D eigenvalue weighted by atomic mass is 15.3. The third kappa shape index (κ3) is 1.34. The van der Waals surface area contributed by atoms with Crippen LogP contribution in [0.15, 0.2) is 15.2 Å². The van der Waals surface area contributed by atoms with Gasteiger partial charge in [-0.2, -0.15) is 5.11 Å². The highest BCUT2D eigenvalue weighted by Gasteiger charge is 2.09. The van der Waals surface area contributed by atoms with Gasteiger partial charge in [-0.15, -0.1) is 5.11 Å². The van der Waals surface area contributed by atoms with Crippen LogP contribution in [0.4, 0.5) is 0 Å². The van der Waals surface area contributed by atoms with Gasteiger partial charge in [0.15, 0.2) is 12.5 Å². The normalized spacial score (nSPS) is 20.0. The van der Waals surface area contributed by atoms with E-state index in [0.717, 1.165) is 12.3 Å². The summed E-state index contributed by atoms with van der Waals surface area (Å²) in [5.41, 5.74) is 0. The first-order valence-corrected chi connectivity index (χ1v) is 3.26. The molecule has 1 rings (SSSR count). The van der Waals surface area contributed by atoms with Gasteiger partial charge < -0.3 is 0 Å².